The lowest BCUT2D eigenvalue weighted by Crippen LogP contribution is -2.40. The van der Waals surface area contributed by atoms with Crippen LogP contribution < -0.4 is 5.73 Å². The van der Waals surface area contributed by atoms with Gasteiger partial charge < -0.3 is 15.5 Å². The van der Waals surface area contributed by atoms with Gasteiger partial charge in [0.15, 0.2) is 5.96 Å². The lowest BCUT2D eigenvalue weighted by atomic mass is 9.97. The predicted molar refractivity (Wildman–Crippen MR) is 96.9 cm³/mol. The Morgan fingerprint density at radius 3 is 2.14 bits per heavy atom. The van der Waals surface area contributed by atoms with Crippen molar-refractivity contribution in [1.29, 1.82) is 0 Å². The molecule has 2 fully saturated rings. The van der Waals surface area contributed by atoms with Crippen LogP contribution in [0.4, 0.5) is 0 Å². The largest absolute Gasteiger partial charge is 0.370 e. The van der Waals surface area contributed by atoms with Gasteiger partial charge in [-0.2, -0.15) is 0 Å². The van der Waals surface area contributed by atoms with Crippen molar-refractivity contribution < 1.29 is 4.79 Å². The molecule has 0 radical (unpaired) electrons. The molecule has 0 aliphatic carbocycles. The second-order valence-electron chi connectivity index (χ2n) is 6.05. The molecule has 2 aliphatic rings. The first kappa shape index (κ1) is 18.5. The van der Waals surface area contributed by atoms with Crippen molar-refractivity contribution >= 4 is 35.8 Å². The standard InChI is InChI=1S/C15H28N4O.HI/c1-13(20)18-10-6-14(7-11-18)12-17-15(16)19-8-4-2-3-5-9-19;/h14H,2-12H2,1H3,(H2,16,17);1H. The van der Waals surface area contributed by atoms with Gasteiger partial charge in [0.25, 0.3) is 0 Å². The van der Waals surface area contributed by atoms with E-state index in [0.717, 1.165) is 51.5 Å². The van der Waals surface area contributed by atoms with Crippen molar-refractivity contribution in [3.05, 3.63) is 0 Å². The summed E-state index contributed by atoms with van der Waals surface area (Å²) in [6, 6.07) is 0. The van der Waals surface area contributed by atoms with Gasteiger partial charge in [0.1, 0.15) is 0 Å². The molecule has 0 bridgehead atoms. The van der Waals surface area contributed by atoms with Crippen LogP contribution in [0.25, 0.3) is 0 Å². The summed E-state index contributed by atoms with van der Waals surface area (Å²) in [4.78, 5) is 20.0. The number of guanidine groups is 1. The SMILES string of the molecule is CC(=O)N1CCC(CN=C(N)N2CCCCCC2)CC1.I. The van der Waals surface area contributed by atoms with Gasteiger partial charge in [-0.05, 0) is 31.6 Å². The number of hydrogen-bond donors (Lipinski definition) is 1. The Hall–Kier alpha value is -0.530. The molecule has 2 aliphatic heterocycles. The van der Waals surface area contributed by atoms with Crippen molar-refractivity contribution in [2.45, 2.75) is 45.4 Å². The van der Waals surface area contributed by atoms with E-state index < -0.39 is 0 Å². The summed E-state index contributed by atoms with van der Waals surface area (Å²) >= 11 is 0. The first-order valence-electron chi connectivity index (χ1n) is 7.97. The average Bonchev–Trinajstić information content (AvgIpc) is 2.74. The Balaban J connectivity index is 0.00000220. The van der Waals surface area contributed by atoms with E-state index in [1.54, 1.807) is 6.92 Å². The van der Waals surface area contributed by atoms with Crippen molar-refractivity contribution in [2.24, 2.45) is 16.6 Å². The van der Waals surface area contributed by atoms with E-state index in [0.29, 0.717) is 5.92 Å². The number of amides is 1. The summed E-state index contributed by atoms with van der Waals surface area (Å²) in [6.07, 6.45) is 7.19. The zero-order chi connectivity index (χ0) is 14.4. The summed E-state index contributed by atoms with van der Waals surface area (Å²) in [7, 11) is 0. The highest BCUT2D eigenvalue weighted by atomic mass is 127. The minimum atomic E-state index is 0. The Morgan fingerprint density at radius 1 is 1.05 bits per heavy atom. The smallest absolute Gasteiger partial charge is 0.219 e. The monoisotopic (exact) mass is 408 g/mol. The second kappa shape index (κ2) is 9.48. The maximum absolute atomic E-state index is 11.3. The maximum atomic E-state index is 11.3. The van der Waals surface area contributed by atoms with Crippen LogP contribution >= 0.6 is 24.0 Å². The number of aliphatic imine (C=N–C) groups is 1. The molecule has 122 valence electrons. The highest BCUT2D eigenvalue weighted by Crippen LogP contribution is 2.17. The first-order chi connectivity index (χ1) is 9.66. The third-order valence-corrected chi connectivity index (χ3v) is 4.50. The Morgan fingerprint density at radius 2 is 1.62 bits per heavy atom. The number of carbonyl (C=O) groups excluding carboxylic acids is 1. The van der Waals surface area contributed by atoms with Gasteiger partial charge in [0.2, 0.25) is 5.91 Å². The molecule has 2 N–H and O–H groups in total. The molecule has 2 heterocycles. The fourth-order valence-electron chi connectivity index (χ4n) is 3.05. The molecule has 0 atom stereocenters. The number of halogens is 1. The molecule has 2 saturated heterocycles. The van der Waals surface area contributed by atoms with E-state index in [9.17, 15) is 4.79 Å². The summed E-state index contributed by atoms with van der Waals surface area (Å²) in [5.41, 5.74) is 6.12. The van der Waals surface area contributed by atoms with Crippen LogP contribution in [0.3, 0.4) is 0 Å². The predicted octanol–water partition coefficient (Wildman–Crippen LogP) is 2.05. The number of piperidine rings is 1. The Bertz CT molecular complexity index is 346. The minimum Gasteiger partial charge on any atom is -0.370 e. The van der Waals surface area contributed by atoms with Gasteiger partial charge in [0.05, 0.1) is 0 Å². The number of nitrogens with two attached hydrogens (primary N) is 1. The van der Waals surface area contributed by atoms with Gasteiger partial charge in [-0.1, -0.05) is 12.8 Å². The lowest BCUT2D eigenvalue weighted by molar-refractivity contribution is -0.130. The van der Waals surface area contributed by atoms with E-state index in [-0.39, 0.29) is 29.9 Å². The number of rotatable bonds is 2. The fourth-order valence-corrected chi connectivity index (χ4v) is 3.05. The Labute approximate surface area is 145 Å². The highest BCUT2D eigenvalue weighted by molar-refractivity contribution is 14.0. The van der Waals surface area contributed by atoms with Crippen molar-refractivity contribution in [3.63, 3.8) is 0 Å². The summed E-state index contributed by atoms with van der Waals surface area (Å²) in [6.45, 7) is 6.32. The topological polar surface area (TPSA) is 61.9 Å². The summed E-state index contributed by atoms with van der Waals surface area (Å²) in [5, 5.41) is 0. The molecule has 21 heavy (non-hydrogen) atoms. The highest BCUT2D eigenvalue weighted by Gasteiger charge is 2.20. The maximum Gasteiger partial charge on any atom is 0.219 e. The van der Waals surface area contributed by atoms with E-state index >= 15 is 0 Å². The third-order valence-electron chi connectivity index (χ3n) is 4.50. The molecule has 2 rings (SSSR count). The molecule has 0 spiro atoms. The fraction of sp³-hybridized carbons (Fsp3) is 0.867. The molecule has 0 aromatic rings. The normalized spacial score (nSPS) is 21.7. The zero-order valence-corrected chi connectivity index (χ0v) is 15.4. The second-order valence-corrected chi connectivity index (χ2v) is 6.05. The van der Waals surface area contributed by atoms with Gasteiger partial charge >= 0.3 is 0 Å². The molecular weight excluding hydrogens is 379 g/mol. The van der Waals surface area contributed by atoms with Crippen molar-refractivity contribution in [2.75, 3.05) is 32.7 Å². The summed E-state index contributed by atoms with van der Waals surface area (Å²) < 4.78 is 0. The molecule has 1 amide bonds. The Kier molecular flexibility index (Phi) is 8.36. The molecule has 0 unspecified atom stereocenters. The number of nitrogens with zero attached hydrogens (tertiary/aromatic N) is 3. The number of carbonyl (C=O) groups is 1. The van der Waals surface area contributed by atoms with E-state index in [1.165, 1.54) is 25.7 Å². The van der Waals surface area contributed by atoms with Gasteiger partial charge in [-0.3, -0.25) is 9.79 Å². The zero-order valence-electron chi connectivity index (χ0n) is 13.1. The molecule has 0 saturated carbocycles. The third kappa shape index (κ3) is 6.00. The lowest BCUT2D eigenvalue weighted by Gasteiger charge is -2.30. The minimum absolute atomic E-state index is 0. The van der Waals surface area contributed by atoms with Crippen LogP contribution in [-0.2, 0) is 4.79 Å². The average molecular weight is 408 g/mol. The van der Waals surface area contributed by atoms with Gasteiger partial charge in [-0.15, -0.1) is 24.0 Å². The molecule has 0 aromatic heterocycles. The van der Waals surface area contributed by atoms with Crippen LogP contribution in [-0.4, -0.2) is 54.4 Å². The number of likely N-dealkylation sites (tertiary alicyclic amines) is 2. The summed E-state index contributed by atoms with van der Waals surface area (Å²) in [5.74, 6) is 1.49. The van der Waals surface area contributed by atoms with E-state index in [2.05, 4.69) is 9.89 Å². The van der Waals surface area contributed by atoms with E-state index in [4.69, 9.17) is 5.73 Å². The van der Waals surface area contributed by atoms with Crippen LogP contribution in [0, 0.1) is 5.92 Å². The molecule has 0 aromatic carbocycles. The van der Waals surface area contributed by atoms with Gasteiger partial charge in [0, 0.05) is 39.6 Å². The van der Waals surface area contributed by atoms with Crippen LogP contribution in [0.2, 0.25) is 0 Å². The van der Waals surface area contributed by atoms with Crippen LogP contribution in [0.15, 0.2) is 4.99 Å². The van der Waals surface area contributed by atoms with Crippen molar-refractivity contribution in [1.82, 2.24) is 9.80 Å². The molecule has 6 heteroatoms. The molecular formula is C15H29IN4O. The van der Waals surface area contributed by atoms with Crippen molar-refractivity contribution in [3.8, 4) is 0 Å². The van der Waals surface area contributed by atoms with E-state index in [1.807, 2.05) is 4.90 Å². The number of hydrogen-bond acceptors (Lipinski definition) is 2. The van der Waals surface area contributed by atoms with Crippen LogP contribution in [0.1, 0.15) is 45.4 Å². The quantitative estimate of drug-likeness (QED) is 0.432. The van der Waals surface area contributed by atoms with Gasteiger partial charge in [-0.25, -0.2) is 0 Å². The molecule has 5 nitrogen and oxygen atoms in total. The van der Waals surface area contributed by atoms with Crippen LogP contribution in [0.5, 0.6) is 0 Å². The first-order valence-corrected chi connectivity index (χ1v) is 7.97.